The molecule has 1 rings (SSSR count). The molecule has 0 aliphatic carbocycles. The van der Waals surface area contributed by atoms with Crippen LogP contribution in [0.3, 0.4) is 0 Å². The minimum absolute atomic E-state index is 0.185. The quantitative estimate of drug-likeness (QED) is 0.292. The van der Waals surface area contributed by atoms with Gasteiger partial charge < -0.3 is 5.11 Å². The molecule has 4 nitrogen and oxygen atoms in total. The molecule has 4 N–H and O–H groups in total. The van der Waals surface area contributed by atoms with Crippen molar-refractivity contribution in [3.63, 3.8) is 0 Å². The van der Waals surface area contributed by atoms with Crippen molar-refractivity contribution in [3.05, 3.63) is 35.4 Å². The molecule has 0 unspecified atom stereocenters. The average molecular weight is 254 g/mol. The van der Waals surface area contributed by atoms with Gasteiger partial charge in [0, 0.05) is 12.4 Å². The number of rotatable bonds is 7. The summed E-state index contributed by atoms with van der Waals surface area (Å²) in [6, 6.07) is 7.92. The van der Waals surface area contributed by atoms with Gasteiger partial charge in [-0.3, -0.25) is 10.2 Å². The first-order chi connectivity index (χ1) is 8.26. The standard InChI is InChI=1S/C12H18N2O2S/c13-14-12(16)8-10-2-4-11(5-3-10)9-17-7-1-6-15/h2-5,15H,1,6-9,13H2,(H,14,16). The van der Waals surface area contributed by atoms with E-state index in [1.54, 1.807) is 11.8 Å². The average Bonchev–Trinajstić information content (AvgIpc) is 2.36. The number of carbonyl (C=O) groups is 1. The SMILES string of the molecule is NNC(=O)Cc1ccc(CSCCCO)cc1. The first-order valence-electron chi connectivity index (χ1n) is 5.52. The summed E-state index contributed by atoms with van der Waals surface area (Å²) in [6.07, 6.45) is 1.15. The number of hydrogen-bond donors (Lipinski definition) is 3. The third-order valence-electron chi connectivity index (χ3n) is 2.26. The Hall–Kier alpha value is -1.04. The maximum absolute atomic E-state index is 11.0. The third-order valence-corrected chi connectivity index (χ3v) is 3.38. The largest absolute Gasteiger partial charge is 0.396 e. The topological polar surface area (TPSA) is 75.3 Å². The molecule has 17 heavy (non-hydrogen) atoms. The van der Waals surface area contributed by atoms with Crippen molar-refractivity contribution < 1.29 is 9.90 Å². The van der Waals surface area contributed by atoms with Crippen molar-refractivity contribution in [1.82, 2.24) is 5.43 Å². The van der Waals surface area contributed by atoms with Crippen LogP contribution in [0.5, 0.6) is 0 Å². The summed E-state index contributed by atoms with van der Waals surface area (Å²) in [6.45, 7) is 0.250. The number of hydrogen-bond acceptors (Lipinski definition) is 4. The number of aliphatic hydroxyl groups is 1. The summed E-state index contributed by atoms with van der Waals surface area (Å²) in [4.78, 5) is 11.0. The predicted molar refractivity (Wildman–Crippen MR) is 70.3 cm³/mol. The highest BCUT2D eigenvalue weighted by Gasteiger charge is 2.01. The van der Waals surface area contributed by atoms with Crippen LogP contribution in [0.1, 0.15) is 17.5 Å². The van der Waals surface area contributed by atoms with Crippen molar-refractivity contribution in [3.8, 4) is 0 Å². The molecule has 0 saturated heterocycles. The zero-order valence-corrected chi connectivity index (χ0v) is 10.5. The second kappa shape index (κ2) is 8.11. The lowest BCUT2D eigenvalue weighted by atomic mass is 10.1. The maximum Gasteiger partial charge on any atom is 0.238 e. The molecule has 1 amide bonds. The highest BCUT2D eigenvalue weighted by Crippen LogP contribution is 2.14. The summed E-state index contributed by atoms with van der Waals surface area (Å²) in [5.41, 5.74) is 4.29. The van der Waals surface area contributed by atoms with E-state index >= 15 is 0 Å². The van der Waals surface area contributed by atoms with Crippen LogP contribution in [-0.4, -0.2) is 23.4 Å². The lowest BCUT2D eigenvalue weighted by molar-refractivity contribution is -0.120. The monoisotopic (exact) mass is 254 g/mol. The predicted octanol–water partition coefficient (Wildman–Crippen LogP) is 0.835. The fourth-order valence-electron chi connectivity index (χ4n) is 1.35. The fourth-order valence-corrected chi connectivity index (χ4v) is 2.25. The van der Waals surface area contributed by atoms with E-state index in [0.29, 0.717) is 6.42 Å². The molecule has 1 aromatic carbocycles. The van der Waals surface area contributed by atoms with E-state index in [1.807, 2.05) is 24.3 Å². The van der Waals surface area contributed by atoms with Crippen LogP contribution in [0.15, 0.2) is 24.3 Å². The fraction of sp³-hybridized carbons (Fsp3) is 0.417. The Labute approximate surface area is 106 Å². The van der Waals surface area contributed by atoms with E-state index in [9.17, 15) is 4.79 Å². The number of carbonyl (C=O) groups excluding carboxylic acids is 1. The zero-order valence-electron chi connectivity index (χ0n) is 9.69. The smallest absolute Gasteiger partial charge is 0.238 e. The molecular formula is C12H18N2O2S. The van der Waals surface area contributed by atoms with Crippen molar-refractivity contribution in [2.45, 2.75) is 18.6 Å². The molecule has 0 fully saturated rings. The van der Waals surface area contributed by atoms with E-state index in [0.717, 1.165) is 23.5 Å². The lowest BCUT2D eigenvalue weighted by Crippen LogP contribution is -2.31. The Morgan fingerprint density at radius 1 is 1.29 bits per heavy atom. The van der Waals surface area contributed by atoms with Gasteiger partial charge in [-0.25, -0.2) is 5.84 Å². The first-order valence-corrected chi connectivity index (χ1v) is 6.67. The van der Waals surface area contributed by atoms with Crippen LogP contribution >= 0.6 is 11.8 Å². The minimum Gasteiger partial charge on any atom is -0.396 e. The summed E-state index contributed by atoms with van der Waals surface area (Å²) < 4.78 is 0. The number of aliphatic hydroxyl groups excluding tert-OH is 1. The molecule has 1 aromatic rings. The van der Waals surface area contributed by atoms with Crippen LogP contribution < -0.4 is 11.3 Å². The van der Waals surface area contributed by atoms with Gasteiger partial charge in [0.2, 0.25) is 5.91 Å². The number of hydrazine groups is 1. The Morgan fingerprint density at radius 2 is 1.94 bits per heavy atom. The van der Waals surface area contributed by atoms with Crippen LogP contribution in [0.4, 0.5) is 0 Å². The Kier molecular flexibility index (Phi) is 6.69. The lowest BCUT2D eigenvalue weighted by Gasteiger charge is -2.03. The van der Waals surface area contributed by atoms with Crippen LogP contribution in [0.25, 0.3) is 0 Å². The van der Waals surface area contributed by atoms with Gasteiger partial charge in [0.05, 0.1) is 6.42 Å². The molecule has 0 aliphatic heterocycles. The van der Waals surface area contributed by atoms with Gasteiger partial charge in [-0.05, 0) is 23.3 Å². The van der Waals surface area contributed by atoms with E-state index < -0.39 is 0 Å². The number of nitrogens with two attached hydrogens (primary N) is 1. The van der Waals surface area contributed by atoms with Gasteiger partial charge in [-0.15, -0.1) is 0 Å². The molecular weight excluding hydrogens is 236 g/mol. The van der Waals surface area contributed by atoms with Crippen molar-refractivity contribution in [1.29, 1.82) is 0 Å². The first kappa shape index (κ1) is 14.0. The molecule has 0 aliphatic rings. The number of thioether (sulfide) groups is 1. The van der Waals surface area contributed by atoms with Gasteiger partial charge in [0.15, 0.2) is 0 Å². The number of nitrogens with one attached hydrogen (secondary N) is 1. The molecule has 0 spiro atoms. The third kappa shape index (κ3) is 5.72. The second-order valence-corrected chi connectivity index (χ2v) is 4.80. The molecule has 0 saturated carbocycles. The van der Waals surface area contributed by atoms with Crippen molar-refractivity contribution in [2.75, 3.05) is 12.4 Å². The van der Waals surface area contributed by atoms with Gasteiger partial charge in [-0.2, -0.15) is 11.8 Å². The van der Waals surface area contributed by atoms with E-state index in [2.05, 4.69) is 5.43 Å². The summed E-state index contributed by atoms with van der Waals surface area (Å²) >= 11 is 1.80. The highest BCUT2D eigenvalue weighted by atomic mass is 32.2. The van der Waals surface area contributed by atoms with Gasteiger partial charge in [-0.1, -0.05) is 24.3 Å². The molecule has 0 radical (unpaired) electrons. The van der Waals surface area contributed by atoms with Crippen LogP contribution in [0, 0.1) is 0 Å². The van der Waals surface area contributed by atoms with Crippen LogP contribution in [0.2, 0.25) is 0 Å². The Bertz CT molecular complexity index is 341. The second-order valence-electron chi connectivity index (χ2n) is 3.69. The molecule has 0 heterocycles. The highest BCUT2D eigenvalue weighted by molar-refractivity contribution is 7.98. The summed E-state index contributed by atoms with van der Waals surface area (Å²) in [7, 11) is 0. The Morgan fingerprint density at radius 3 is 2.53 bits per heavy atom. The molecule has 94 valence electrons. The van der Waals surface area contributed by atoms with Crippen LogP contribution in [-0.2, 0) is 17.0 Å². The van der Waals surface area contributed by atoms with Crippen molar-refractivity contribution >= 4 is 17.7 Å². The van der Waals surface area contributed by atoms with Gasteiger partial charge >= 0.3 is 0 Å². The zero-order chi connectivity index (χ0) is 12.5. The molecule has 0 bridgehead atoms. The normalized spacial score (nSPS) is 10.2. The molecule has 0 aromatic heterocycles. The van der Waals surface area contributed by atoms with Crippen molar-refractivity contribution in [2.24, 2.45) is 5.84 Å². The van der Waals surface area contributed by atoms with E-state index in [4.69, 9.17) is 10.9 Å². The maximum atomic E-state index is 11.0. The van der Waals surface area contributed by atoms with E-state index in [-0.39, 0.29) is 12.5 Å². The summed E-state index contributed by atoms with van der Waals surface area (Å²) in [5.74, 6) is 6.74. The van der Waals surface area contributed by atoms with Gasteiger partial charge in [0.25, 0.3) is 0 Å². The number of amides is 1. The number of benzene rings is 1. The molecule has 5 heteroatoms. The van der Waals surface area contributed by atoms with E-state index in [1.165, 1.54) is 5.56 Å². The molecule has 0 atom stereocenters. The summed E-state index contributed by atoms with van der Waals surface area (Å²) in [5, 5.41) is 8.65. The Balaban J connectivity index is 2.36. The van der Waals surface area contributed by atoms with Gasteiger partial charge in [0.1, 0.15) is 0 Å². The minimum atomic E-state index is -0.185.